The zero-order chi connectivity index (χ0) is 20.1. The van der Waals surface area contributed by atoms with Gasteiger partial charge in [-0.3, -0.25) is 19.7 Å². The number of benzene rings is 3. The van der Waals surface area contributed by atoms with Crippen molar-refractivity contribution < 1.29 is 19.2 Å². The summed E-state index contributed by atoms with van der Waals surface area (Å²) in [5, 5.41) is 14.1. The molecule has 0 saturated carbocycles. The van der Waals surface area contributed by atoms with Crippen molar-refractivity contribution in [2.24, 2.45) is 0 Å². The summed E-state index contributed by atoms with van der Waals surface area (Å²) in [7, 11) is 1.51. The lowest BCUT2D eigenvalue weighted by Gasteiger charge is -2.11. The molecule has 0 radical (unpaired) electrons. The number of anilines is 1. The fourth-order valence-electron chi connectivity index (χ4n) is 2.71. The van der Waals surface area contributed by atoms with Crippen LogP contribution in [-0.4, -0.2) is 23.7 Å². The van der Waals surface area contributed by atoms with Gasteiger partial charge >= 0.3 is 0 Å². The van der Waals surface area contributed by atoms with E-state index in [0.717, 1.165) is 0 Å². The second kappa shape index (κ2) is 8.13. The molecule has 3 rings (SSSR count). The van der Waals surface area contributed by atoms with E-state index in [-0.39, 0.29) is 22.5 Å². The number of nitrogens with one attached hydrogen (secondary N) is 1. The minimum absolute atomic E-state index is 0.0730. The predicted molar refractivity (Wildman–Crippen MR) is 104 cm³/mol. The van der Waals surface area contributed by atoms with Gasteiger partial charge in [0, 0.05) is 17.2 Å². The number of hydrogen-bond acceptors (Lipinski definition) is 5. The lowest BCUT2D eigenvalue weighted by molar-refractivity contribution is -0.385. The molecule has 0 aliphatic heterocycles. The largest absolute Gasteiger partial charge is 0.497 e. The monoisotopic (exact) mass is 376 g/mol. The number of nitro benzene ring substituents is 1. The first-order chi connectivity index (χ1) is 13.5. The number of nitrogens with zero attached hydrogens (tertiary/aromatic N) is 1. The first-order valence-corrected chi connectivity index (χ1v) is 8.34. The van der Waals surface area contributed by atoms with Gasteiger partial charge in [0.15, 0.2) is 0 Å². The van der Waals surface area contributed by atoms with E-state index in [1.54, 1.807) is 54.6 Å². The summed E-state index contributed by atoms with van der Waals surface area (Å²) in [4.78, 5) is 36.3. The molecule has 0 aromatic heterocycles. The summed E-state index contributed by atoms with van der Waals surface area (Å²) in [5.74, 6) is -0.449. The van der Waals surface area contributed by atoms with Gasteiger partial charge in [-0.05, 0) is 30.3 Å². The number of amides is 1. The van der Waals surface area contributed by atoms with Crippen LogP contribution in [0.3, 0.4) is 0 Å². The van der Waals surface area contributed by atoms with Gasteiger partial charge in [-0.2, -0.15) is 0 Å². The second-order valence-corrected chi connectivity index (χ2v) is 5.83. The maximum atomic E-state index is 12.9. The maximum Gasteiger partial charge on any atom is 0.282 e. The highest BCUT2D eigenvalue weighted by molar-refractivity contribution is 6.17. The molecule has 1 amide bonds. The lowest BCUT2D eigenvalue weighted by atomic mass is 9.99. The number of rotatable bonds is 6. The topological polar surface area (TPSA) is 98.5 Å². The van der Waals surface area contributed by atoms with Gasteiger partial charge in [0.2, 0.25) is 5.78 Å². The molecular weight excluding hydrogens is 360 g/mol. The smallest absolute Gasteiger partial charge is 0.282 e. The van der Waals surface area contributed by atoms with E-state index in [2.05, 4.69) is 5.32 Å². The van der Waals surface area contributed by atoms with Crippen LogP contribution in [0.15, 0.2) is 72.8 Å². The molecule has 0 heterocycles. The molecule has 3 aromatic carbocycles. The van der Waals surface area contributed by atoms with E-state index in [4.69, 9.17) is 4.74 Å². The minimum atomic E-state index is -0.640. The molecule has 7 heteroatoms. The van der Waals surface area contributed by atoms with Gasteiger partial charge in [0.05, 0.1) is 17.7 Å². The Morgan fingerprint density at radius 3 is 2.18 bits per heavy atom. The van der Waals surface area contributed by atoms with Crippen LogP contribution in [0.1, 0.15) is 26.3 Å². The SMILES string of the molecule is COc1ccc(C(=O)Nc2cccc([N+](=O)[O-])c2C(=O)c2ccccc2)cc1. The van der Waals surface area contributed by atoms with Crippen molar-refractivity contribution in [2.75, 3.05) is 12.4 Å². The molecule has 0 aliphatic carbocycles. The van der Waals surface area contributed by atoms with E-state index in [1.165, 1.54) is 25.3 Å². The van der Waals surface area contributed by atoms with Crippen LogP contribution in [0.25, 0.3) is 0 Å². The highest BCUT2D eigenvalue weighted by Gasteiger charge is 2.26. The van der Waals surface area contributed by atoms with Gasteiger partial charge < -0.3 is 10.1 Å². The van der Waals surface area contributed by atoms with Gasteiger partial charge in [-0.1, -0.05) is 36.4 Å². The number of carbonyl (C=O) groups is 2. The highest BCUT2D eigenvalue weighted by Crippen LogP contribution is 2.29. The summed E-state index contributed by atoms with van der Waals surface area (Å²) in [6.07, 6.45) is 0. The van der Waals surface area contributed by atoms with Crippen molar-refractivity contribution in [1.82, 2.24) is 0 Å². The number of carbonyl (C=O) groups excluding carboxylic acids is 2. The summed E-state index contributed by atoms with van der Waals surface area (Å²) >= 11 is 0. The zero-order valence-electron chi connectivity index (χ0n) is 14.9. The Morgan fingerprint density at radius 2 is 1.57 bits per heavy atom. The standard InChI is InChI=1S/C21H16N2O5/c1-28-16-12-10-15(11-13-16)21(25)22-17-8-5-9-18(23(26)27)19(17)20(24)14-6-3-2-4-7-14/h2-13H,1H3,(H,22,25). The molecule has 0 spiro atoms. The van der Waals surface area contributed by atoms with Crippen molar-refractivity contribution in [3.05, 3.63) is 99.6 Å². The van der Waals surface area contributed by atoms with E-state index in [1.807, 2.05) is 0 Å². The lowest BCUT2D eigenvalue weighted by Crippen LogP contribution is -2.16. The average Bonchev–Trinajstić information content (AvgIpc) is 2.73. The van der Waals surface area contributed by atoms with Crippen LogP contribution >= 0.6 is 0 Å². The van der Waals surface area contributed by atoms with Crippen molar-refractivity contribution in [3.63, 3.8) is 0 Å². The fraction of sp³-hybridized carbons (Fsp3) is 0.0476. The normalized spacial score (nSPS) is 10.2. The zero-order valence-corrected chi connectivity index (χ0v) is 14.9. The first kappa shape index (κ1) is 18.8. The van der Waals surface area contributed by atoms with Crippen LogP contribution in [0, 0.1) is 10.1 Å². The molecule has 3 aromatic rings. The van der Waals surface area contributed by atoms with Crippen molar-refractivity contribution in [2.45, 2.75) is 0 Å². The molecule has 7 nitrogen and oxygen atoms in total. The van der Waals surface area contributed by atoms with Crippen LogP contribution in [-0.2, 0) is 0 Å². The number of ketones is 1. The molecule has 0 fully saturated rings. The van der Waals surface area contributed by atoms with Crippen molar-refractivity contribution in [1.29, 1.82) is 0 Å². The van der Waals surface area contributed by atoms with Gasteiger partial charge in [-0.15, -0.1) is 0 Å². The number of nitro groups is 1. The molecule has 28 heavy (non-hydrogen) atoms. The van der Waals surface area contributed by atoms with Crippen LogP contribution in [0.4, 0.5) is 11.4 Å². The summed E-state index contributed by atoms with van der Waals surface area (Å²) in [5.41, 5.74) is 0.146. The summed E-state index contributed by atoms with van der Waals surface area (Å²) in [6.45, 7) is 0. The van der Waals surface area contributed by atoms with Crippen LogP contribution in [0.2, 0.25) is 0 Å². The Labute approximate surface area is 160 Å². The number of ether oxygens (including phenoxy) is 1. The quantitative estimate of drug-likeness (QED) is 0.397. The molecule has 0 bridgehead atoms. The molecule has 140 valence electrons. The Hall–Kier alpha value is -4.00. The maximum absolute atomic E-state index is 12.9. The minimum Gasteiger partial charge on any atom is -0.497 e. The second-order valence-electron chi connectivity index (χ2n) is 5.83. The number of hydrogen-bond donors (Lipinski definition) is 1. The van der Waals surface area contributed by atoms with Crippen LogP contribution < -0.4 is 10.1 Å². The Morgan fingerprint density at radius 1 is 0.893 bits per heavy atom. The fourth-order valence-corrected chi connectivity index (χ4v) is 2.71. The Balaban J connectivity index is 2.00. The van der Waals surface area contributed by atoms with Gasteiger partial charge in [0.1, 0.15) is 11.3 Å². The van der Waals surface area contributed by atoms with E-state index >= 15 is 0 Å². The van der Waals surface area contributed by atoms with Gasteiger partial charge in [0.25, 0.3) is 11.6 Å². The third-order valence-corrected chi connectivity index (χ3v) is 4.10. The third kappa shape index (κ3) is 3.88. The van der Waals surface area contributed by atoms with Crippen molar-refractivity contribution in [3.8, 4) is 5.75 Å². The van der Waals surface area contributed by atoms with E-state index < -0.39 is 16.6 Å². The molecule has 0 atom stereocenters. The van der Waals surface area contributed by atoms with Gasteiger partial charge in [-0.25, -0.2) is 0 Å². The predicted octanol–water partition coefficient (Wildman–Crippen LogP) is 4.09. The first-order valence-electron chi connectivity index (χ1n) is 8.34. The van der Waals surface area contributed by atoms with E-state index in [0.29, 0.717) is 11.3 Å². The molecule has 0 saturated heterocycles. The van der Waals surface area contributed by atoms with Crippen molar-refractivity contribution >= 4 is 23.1 Å². The number of methoxy groups -OCH3 is 1. The molecule has 0 aliphatic rings. The van der Waals surface area contributed by atoms with E-state index in [9.17, 15) is 19.7 Å². The summed E-state index contributed by atoms with van der Waals surface area (Å²) in [6, 6.07) is 18.7. The molecular formula is C21H16N2O5. The molecule has 1 N–H and O–H groups in total. The highest BCUT2D eigenvalue weighted by atomic mass is 16.6. The third-order valence-electron chi connectivity index (χ3n) is 4.10. The Kier molecular flexibility index (Phi) is 5.45. The average molecular weight is 376 g/mol. The Bertz CT molecular complexity index is 1030. The molecule has 0 unspecified atom stereocenters. The van der Waals surface area contributed by atoms with Crippen LogP contribution in [0.5, 0.6) is 5.75 Å². The summed E-state index contributed by atoms with van der Waals surface area (Å²) < 4.78 is 5.06.